The normalized spacial score (nSPS) is 10.9. The number of thiophene rings is 1. The Kier molecular flexibility index (Phi) is 2.57. The monoisotopic (exact) mass is 306 g/mol. The number of fused-ring (bicyclic) bond motifs is 1. The number of hydrogen-bond acceptors (Lipinski definition) is 3. The number of nitrogens with one attached hydrogen (secondary N) is 1. The molecule has 3 aromatic rings. The van der Waals surface area contributed by atoms with Crippen LogP contribution >= 0.6 is 27.3 Å². The topological polar surface area (TPSA) is 45.8 Å². The Morgan fingerprint density at radius 3 is 3.06 bits per heavy atom. The lowest BCUT2D eigenvalue weighted by atomic mass is 10.1. The van der Waals surface area contributed by atoms with E-state index in [0.717, 1.165) is 20.4 Å². The van der Waals surface area contributed by atoms with Gasteiger partial charge in [0.1, 0.15) is 4.83 Å². The molecule has 0 saturated heterocycles. The molecule has 17 heavy (non-hydrogen) atoms. The lowest BCUT2D eigenvalue weighted by Crippen LogP contribution is -2.05. The molecule has 0 aliphatic carbocycles. The van der Waals surface area contributed by atoms with Gasteiger partial charge in [-0.3, -0.25) is 4.79 Å². The van der Waals surface area contributed by atoms with E-state index in [4.69, 9.17) is 0 Å². The maximum absolute atomic E-state index is 11.8. The molecular weight excluding hydrogens is 300 g/mol. The Morgan fingerprint density at radius 1 is 1.35 bits per heavy atom. The van der Waals surface area contributed by atoms with Crippen molar-refractivity contribution in [1.82, 2.24) is 9.97 Å². The van der Waals surface area contributed by atoms with Crippen molar-refractivity contribution >= 4 is 37.5 Å². The summed E-state index contributed by atoms with van der Waals surface area (Å²) in [6.45, 7) is 0. The van der Waals surface area contributed by atoms with E-state index in [2.05, 4.69) is 25.9 Å². The molecule has 0 bridgehead atoms. The molecule has 2 aromatic heterocycles. The second-order valence-corrected chi connectivity index (χ2v) is 5.35. The number of nitrogens with zero attached hydrogens (tertiary/aromatic N) is 1. The first-order chi connectivity index (χ1) is 8.25. The third-order valence-corrected chi connectivity index (χ3v) is 3.89. The van der Waals surface area contributed by atoms with Crippen LogP contribution in [0, 0.1) is 0 Å². The fourth-order valence-corrected chi connectivity index (χ4v) is 3.07. The highest BCUT2D eigenvalue weighted by Crippen LogP contribution is 2.31. The molecule has 2 heterocycles. The predicted octanol–water partition coefficient (Wildman–Crippen LogP) is 3.41. The van der Waals surface area contributed by atoms with Crippen LogP contribution in [0.2, 0.25) is 0 Å². The zero-order chi connectivity index (χ0) is 11.8. The summed E-state index contributed by atoms with van der Waals surface area (Å²) in [7, 11) is 0. The average Bonchev–Trinajstić information content (AvgIpc) is 2.74. The summed E-state index contributed by atoms with van der Waals surface area (Å²) >= 11 is 4.91. The van der Waals surface area contributed by atoms with Crippen LogP contribution in [0.3, 0.4) is 0 Å². The average molecular weight is 307 g/mol. The third-order valence-electron chi connectivity index (χ3n) is 2.51. The van der Waals surface area contributed by atoms with Crippen LogP contribution in [0.4, 0.5) is 0 Å². The van der Waals surface area contributed by atoms with Gasteiger partial charge < -0.3 is 4.98 Å². The van der Waals surface area contributed by atoms with Crippen molar-refractivity contribution in [2.24, 2.45) is 0 Å². The number of benzene rings is 1. The maximum atomic E-state index is 11.8. The summed E-state index contributed by atoms with van der Waals surface area (Å²) in [4.78, 5) is 19.4. The fourth-order valence-electron chi connectivity index (χ4n) is 1.75. The minimum Gasteiger partial charge on any atom is -0.313 e. The van der Waals surface area contributed by atoms with Crippen LogP contribution in [-0.2, 0) is 0 Å². The van der Waals surface area contributed by atoms with E-state index in [9.17, 15) is 4.79 Å². The van der Waals surface area contributed by atoms with Gasteiger partial charge in [0.15, 0.2) is 0 Å². The minimum atomic E-state index is -0.0915. The molecular formula is C12H7BrN2OS. The second kappa shape index (κ2) is 4.09. The molecule has 84 valence electrons. The second-order valence-electron chi connectivity index (χ2n) is 3.57. The molecule has 1 N–H and O–H groups in total. The molecule has 0 amide bonds. The predicted molar refractivity (Wildman–Crippen MR) is 73.4 cm³/mol. The van der Waals surface area contributed by atoms with Gasteiger partial charge in [-0.1, -0.05) is 28.1 Å². The first kappa shape index (κ1) is 10.7. The molecule has 0 aliphatic rings. The zero-order valence-corrected chi connectivity index (χ0v) is 11.0. The summed E-state index contributed by atoms with van der Waals surface area (Å²) in [5.74, 6) is 0. The van der Waals surface area contributed by atoms with Crippen LogP contribution in [-0.4, -0.2) is 9.97 Å². The van der Waals surface area contributed by atoms with Gasteiger partial charge in [-0.15, -0.1) is 11.3 Å². The molecule has 0 radical (unpaired) electrons. The van der Waals surface area contributed by atoms with Gasteiger partial charge in [-0.05, 0) is 17.7 Å². The SMILES string of the molecule is O=c1[nH]cnc2scc(-c3cccc(Br)c3)c12. The van der Waals surface area contributed by atoms with Crippen molar-refractivity contribution in [3.63, 3.8) is 0 Å². The summed E-state index contributed by atoms with van der Waals surface area (Å²) in [6.07, 6.45) is 1.44. The number of halogens is 1. The number of H-pyrrole nitrogens is 1. The molecule has 1 aromatic carbocycles. The Labute approximate surface area is 109 Å². The first-order valence-corrected chi connectivity index (χ1v) is 6.64. The molecule has 3 nitrogen and oxygen atoms in total. The van der Waals surface area contributed by atoms with Crippen LogP contribution in [0.15, 0.2) is 45.2 Å². The van der Waals surface area contributed by atoms with Gasteiger partial charge >= 0.3 is 0 Å². The van der Waals surface area contributed by atoms with Crippen molar-refractivity contribution < 1.29 is 0 Å². The van der Waals surface area contributed by atoms with Crippen molar-refractivity contribution in [2.75, 3.05) is 0 Å². The molecule has 5 heteroatoms. The van der Waals surface area contributed by atoms with Gasteiger partial charge in [0.25, 0.3) is 5.56 Å². The maximum Gasteiger partial charge on any atom is 0.260 e. The molecule has 0 saturated carbocycles. The van der Waals surface area contributed by atoms with Crippen molar-refractivity contribution in [3.8, 4) is 11.1 Å². The van der Waals surface area contributed by atoms with Crippen molar-refractivity contribution in [3.05, 3.63) is 50.8 Å². The first-order valence-electron chi connectivity index (χ1n) is 4.96. The Hall–Kier alpha value is -1.46. The third kappa shape index (κ3) is 1.81. The molecule has 0 aliphatic heterocycles. The van der Waals surface area contributed by atoms with Crippen LogP contribution in [0.1, 0.15) is 0 Å². The molecule has 0 unspecified atom stereocenters. The number of hydrogen-bond donors (Lipinski definition) is 1. The van der Waals surface area contributed by atoms with E-state index < -0.39 is 0 Å². The zero-order valence-electron chi connectivity index (χ0n) is 8.61. The van der Waals surface area contributed by atoms with Gasteiger partial charge in [0, 0.05) is 15.4 Å². The van der Waals surface area contributed by atoms with Crippen LogP contribution in [0.25, 0.3) is 21.3 Å². The highest BCUT2D eigenvalue weighted by atomic mass is 79.9. The number of aromatic nitrogens is 2. The van der Waals surface area contributed by atoms with Gasteiger partial charge in [0.05, 0.1) is 11.7 Å². The summed E-state index contributed by atoms with van der Waals surface area (Å²) in [5.41, 5.74) is 1.86. The number of aromatic amines is 1. The van der Waals surface area contributed by atoms with E-state index in [1.807, 2.05) is 29.6 Å². The van der Waals surface area contributed by atoms with Gasteiger partial charge in [-0.2, -0.15) is 0 Å². The van der Waals surface area contributed by atoms with Gasteiger partial charge in [-0.25, -0.2) is 4.98 Å². The Morgan fingerprint density at radius 2 is 2.24 bits per heavy atom. The number of rotatable bonds is 1. The van der Waals surface area contributed by atoms with E-state index in [0.29, 0.717) is 5.39 Å². The standard InChI is InChI=1S/C12H7BrN2OS/c13-8-3-1-2-7(4-8)9-5-17-12-10(9)11(16)14-6-15-12/h1-6H,(H,14,15,16). The minimum absolute atomic E-state index is 0.0915. The highest BCUT2D eigenvalue weighted by Gasteiger charge is 2.10. The summed E-state index contributed by atoms with van der Waals surface area (Å²) < 4.78 is 0.995. The summed E-state index contributed by atoms with van der Waals surface area (Å²) in [6, 6.07) is 7.89. The molecule has 0 fully saturated rings. The van der Waals surface area contributed by atoms with Crippen molar-refractivity contribution in [2.45, 2.75) is 0 Å². The largest absolute Gasteiger partial charge is 0.313 e. The smallest absolute Gasteiger partial charge is 0.260 e. The van der Waals surface area contributed by atoms with E-state index >= 15 is 0 Å². The van der Waals surface area contributed by atoms with E-state index in [-0.39, 0.29) is 5.56 Å². The molecule has 3 rings (SSSR count). The van der Waals surface area contributed by atoms with Gasteiger partial charge in [0.2, 0.25) is 0 Å². The lowest BCUT2D eigenvalue weighted by Gasteiger charge is -1.99. The van der Waals surface area contributed by atoms with Crippen LogP contribution < -0.4 is 5.56 Å². The Bertz CT molecular complexity index is 747. The highest BCUT2D eigenvalue weighted by molar-refractivity contribution is 9.10. The quantitative estimate of drug-likeness (QED) is 0.749. The van der Waals surface area contributed by atoms with E-state index in [1.165, 1.54) is 17.7 Å². The molecule has 0 spiro atoms. The van der Waals surface area contributed by atoms with Crippen LogP contribution in [0.5, 0.6) is 0 Å². The Balaban J connectivity index is 2.35. The lowest BCUT2D eigenvalue weighted by molar-refractivity contribution is 1.18. The fraction of sp³-hybridized carbons (Fsp3) is 0. The summed E-state index contributed by atoms with van der Waals surface area (Å²) in [5, 5.41) is 2.63. The van der Waals surface area contributed by atoms with Crippen molar-refractivity contribution in [1.29, 1.82) is 0 Å². The molecule has 0 atom stereocenters. The van der Waals surface area contributed by atoms with E-state index in [1.54, 1.807) is 0 Å².